The third kappa shape index (κ3) is 2.80. The molecule has 1 atom stereocenters. The molecule has 0 radical (unpaired) electrons. The van der Waals surface area contributed by atoms with Crippen molar-refractivity contribution in [2.75, 3.05) is 13.6 Å². The van der Waals surface area contributed by atoms with Crippen LogP contribution in [0.1, 0.15) is 38.8 Å². The number of nitrogens with two attached hydrogens (primary N) is 1. The van der Waals surface area contributed by atoms with Gasteiger partial charge in [-0.3, -0.25) is 4.90 Å². The third-order valence-corrected chi connectivity index (χ3v) is 4.14. The van der Waals surface area contributed by atoms with E-state index in [2.05, 4.69) is 49.5 Å². The Balaban J connectivity index is 2.84. The van der Waals surface area contributed by atoms with Crippen molar-refractivity contribution in [1.82, 2.24) is 4.90 Å². The number of hydrogen-bond donors (Lipinski definition) is 1. The summed E-state index contributed by atoms with van der Waals surface area (Å²) in [6.07, 6.45) is 1.13. The second-order valence-corrected chi connectivity index (χ2v) is 5.37. The van der Waals surface area contributed by atoms with Gasteiger partial charge in [0, 0.05) is 18.1 Å². The highest BCUT2D eigenvalue weighted by molar-refractivity contribution is 7.07. The van der Waals surface area contributed by atoms with Gasteiger partial charge in [0.05, 0.1) is 0 Å². The van der Waals surface area contributed by atoms with Crippen LogP contribution in [0, 0.1) is 0 Å². The van der Waals surface area contributed by atoms with Gasteiger partial charge in [0.2, 0.25) is 0 Å². The molecule has 0 saturated heterocycles. The number of hydrogen-bond acceptors (Lipinski definition) is 3. The molecule has 2 N–H and O–H groups in total. The van der Waals surface area contributed by atoms with Crippen LogP contribution in [0.2, 0.25) is 0 Å². The topological polar surface area (TPSA) is 29.3 Å². The molecular weight excluding hydrogens is 204 g/mol. The Bertz CT molecular complexity index is 280. The predicted molar refractivity (Wildman–Crippen MR) is 68.2 cm³/mol. The molecule has 0 aliphatic rings. The molecule has 0 bridgehead atoms. The van der Waals surface area contributed by atoms with Crippen LogP contribution in [-0.2, 0) is 0 Å². The van der Waals surface area contributed by atoms with Crippen LogP contribution in [0.3, 0.4) is 0 Å². The van der Waals surface area contributed by atoms with Crippen LogP contribution in [0.5, 0.6) is 0 Å². The largest absolute Gasteiger partial charge is 0.329 e. The highest BCUT2D eigenvalue weighted by Crippen LogP contribution is 2.28. The van der Waals surface area contributed by atoms with Gasteiger partial charge in [-0.1, -0.05) is 6.92 Å². The van der Waals surface area contributed by atoms with E-state index >= 15 is 0 Å². The van der Waals surface area contributed by atoms with E-state index < -0.39 is 0 Å². The zero-order valence-electron chi connectivity index (χ0n) is 10.2. The van der Waals surface area contributed by atoms with Crippen LogP contribution >= 0.6 is 11.3 Å². The van der Waals surface area contributed by atoms with E-state index in [0.717, 1.165) is 6.42 Å². The summed E-state index contributed by atoms with van der Waals surface area (Å²) in [4.78, 5) is 2.38. The van der Waals surface area contributed by atoms with E-state index in [0.29, 0.717) is 12.6 Å². The van der Waals surface area contributed by atoms with Crippen LogP contribution in [0.25, 0.3) is 0 Å². The van der Waals surface area contributed by atoms with Crippen LogP contribution in [-0.4, -0.2) is 24.0 Å². The summed E-state index contributed by atoms with van der Waals surface area (Å²) in [6, 6.07) is 2.51. The smallest absolute Gasteiger partial charge is 0.0480 e. The number of rotatable bonds is 5. The summed E-state index contributed by atoms with van der Waals surface area (Å²) in [5, 5.41) is 4.31. The summed E-state index contributed by atoms with van der Waals surface area (Å²) in [5.41, 5.74) is 7.42. The van der Waals surface area contributed by atoms with Crippen molar-refractivity contribution in [2.24, 2.45) is 5.73 Å². The molecule has 0 aromatic carbocycles. The van der Waals surface area contributed by atoms with E-state index in [9.17, 15) is 0 Å². The summed E-state index contributed by atoms with van der Waals surface area (Å²) in [7, 11) is 2.17. The quantitative estimate of drug-likeness (QED) is 0.836. The Morgan fingerprint density at radius 1 is 1.53 bits per heavy atom. The van der Waals surface area contributed by atoms with Crippen LogP contribution in [0.15, 0.2) is 16.8 Å². The molecule has 15 heavy (non-hydrogen) atoms. The molecule has 0 saturated carbocycles. The molecule has 0 spiro atoms. The molecular formula is C12H22N2S. The molecule has 1 aromatic heterocycles. The summed E-state index contributed by atoms with van der Waals surface area (Å²) in [6.45, 7) is 7.43. The standard InChI is InChI=1S/C12H22N2S/c1-5-12(2,3)14(4)11(8-13)10-6-7-15-9-10/h6-7,9,11H,5,8,13H2,1-4H3. The van der Waals surface area contributed by atoms with Gasteiger partial charge in [-0.05, 0) is 49.7 Å². The minimum atomic E-state index is 0.200. The molecule has 0 fully saturated rings. The molecule has 1 heterocycles. The minimum Gasteiger partial charge on any atom is -0.329 e. The lowest BCUT2D eigenvalue weighted by Crippen LogP contribution is -2.45. The first-order valence-corrected chi connectivity index (χ1v) is 6.42. The zero-order chi connectivity index (χ0) is 11.5. The second-order valence-electron chi connectivity index (χ2n) is 4.59. The van der Waals surface area contributed by atoms with E-state index in [4.69, 9.17) is 5.73 Å². The average molecular weight is 226 g/mol. The first-order chi connectivity index (χ1) is 7.03. The maximum absolute atomic E-state index is 5.88. The molecule has 86 valence electrons. The van der Waals surface area contributed by atoms with Gasteiger partial charge in [0.1, 0.15) is 0 Å². The van der Waals surface area contributed by atoms with Crippen molar-refractivity contribution in [3.8, 4) is 0 Å². The van der Waals surface area contributed by atoms with Gasteiger partial charge in [-0.2, -0.15) is 11.3 Å². The van der Waals surface area contributed by atoms with Crippen LogP contribution < -0.4 is 5.73 Å². The van der Waals surface area contributed by atoms with Crippen molar-refractivity contribution in [1.29, 1.82) is 0 Å². The van der Waals surface area contributed by atoms with Crippen molar-refractivity contribution < 1.29 is 0 Å². The Hall–Kier alpha value is -0.380. The number of thiophene rings is 1. The predicted octanol–water partition coefficient (Wildman–Crippen LogP) is 2.87. The van der Waals surface area contributed by atoms with E-state index in [-0.39, 0.29) is 5.54 Å². The lowest BCUT2D eigenvalue weighted by molar-refractivity contribution is 0.101. The van der Waals surface area contributed by atoms with Crippen LogP contribution in [0.4, 0.5) is 0 Å². The van der Waals surface area contributed by atoms with Gasteiger partial charge in [-0.25, -0.2) is 0 Å². The molecule has 2 nitrogen and oxygen atoms in total. The molecule has 0 amide bonds. The molecule has 1 aromatic rings. The fourth-order valence-electron chi connectivity index (χ4n) is 1.65. The Morgan fingerprint density at radius 3 is 2.60 bits per heavy atom. The number of likely N-dealkylation sites (N-methyl/N-ethyl adjacent to an activating group) is 1. The van der Waals surface area contributed by atoms with Gasteiger partial charge in [0.25, 0.3) is 0 Å². The summed E-state index contributed by atoms with van der Waals surface area (Å²) >= 11 is 1.74. The van der Waals surface area contributed by atoms with Gasteiger partial charge >= 0.3 is 0 Å². The summed E-state index contributed by atoms with van der Waals surface area (Å²) in [5.74, 6) is 0. The molecule has 1 rings (SSSR count). The lowest BCUT2D eigenvalue weighted by Gasteiger charge is -2.40. The Labute approximate surface area is 97.1 Å². The molecule has 3 heteroatoms. The SMILES string of the molecule is CCC(C)(C)N(C)C(CN)c1ccsc1. The minimum absolute atomic E-state index is 0.200. The maximum Gasteiger partial charge on any atom is 0.0480 e. The second kappa shape index (κ2) is 5.10. The Morgan fingerprint density at radius 2 is 2.20 bits per heavy atom. The maximum atomic E-state index is 5.88. The van der Waals surface area contributed by atoms with E-state index in [1.165, 1.54) is 5.56 Å². The zero-order valence-corrected chi connectivity index (χ0v) is 11.0. The monoisotopic (exact) mass is 226 g/mol. The average Bonchev–Trinajstić information content (AvgIpc) is 2.72. The fraction of sp³-hybridized carbons (Fsp3) is 0.667. The van der Waals surface area contributed by atoms with Crippen molar-refractivity contribution in [3.63, 3.8) is 0 Å². The normalized spacial score (nSPS) is 14.5. The van der Waals surface area contributed by atoms with Crippen molar-refractivity contribution in [3.05, 3.63) is 22.4 Å². The third-order valence-electron chi connectivity index (χ3n) is 3.44. The molecule has 1 unspecified atom stereocenters. The number of nitrogens with zero attached hydrogens (tertiary/aromatic N) is 1. The van der Waals surface area contributed by atoms with E-state index in [1.54, 1.807) is 11.3 Å². The van der Waals surface area contributed by atoms with Crippen molar-refractivity contribution in [2.45, 2.75) is 38.8 Å². The van der Waals surface area contributed by atoms with Gasteiger partial charge in [-0.15, -0.1) is 0 Å². The first-order valence-electron chi connectivity index (χ1n) is 5.48. The van der Waals surface area contributed by atoms with E-state index in [1.807, 2.05) is 0 Å². The lowest BCUT2D eigenvalue weighted by atomic mass is 9.96. The highest BCUT2D eigenvalue weighted by Gasteiger charge is 2.28. The first kappa shape index (κ1) is 12.7. The summed E-state index contributed by atoms with van der Waals surface area (Å²) < 4.78 is 0. The molecule has 0 aliphatic carbocycles. The van der Waals surface area contributed by atoms with Crippen molar-refractivity contribution >= 4 is 11.3 Å². The highest BCUT2D eigenvalue weighted by atomic mass is 32.1. The van der Waals surface area contributed by atoms with Gasteiger partial charge < -0.3 is 5.73 Å². The Kier molecular flexibility index (Phi) is 4.32. The fourth-order valence-corrected chi connectivity index (χ4v) is 2.36. The van der Waals surface area contributed by atoms with Gasteiger partial charge in [0.15, 0.2) is 0 Å². The molecule has 0 aliphatic heterocycles.